The van der Waals surface area contributed by atoms with E-state index in [1.807, 2.05) is 10.9 Å². The van der Waals surface area contributed by atoms with Crippen LogP contribution in [0.25, 0.3) is 10.1 Å². The number of nitrogens with zero attached hydrogens (tertiary/aromatic N) is 1. The van der Waals surface area contributed by atoms with E-state index in [1.54, 1.807) is 22.7 Å². The van der Waals surface area contributed by atoms with Crippen molar-refractivity contribution in [1.29, 1.82) is 0 Å². The molecule has 0 saturated heterocycles. The van der Waals surface area contributed by atoms with Gasteiger partial charge in [0, 0.05) is 10.1 Å². The number of hydrogen-bond acceptors (Lipinski definition) is 5. The smallest absolute Gasteiger partial charge is 0.0795 e. The summed E-state index contributed by atoms with van der Waals surface area (Å²) < 4.78 is 1.32. The van der Waals surface area contributed by atoms with Gasteiger partial charge in [-0.1, -0.05) is 18.2 Å². The topological polar surface area (TPSA) is 50.9 Å². The second-order valence-electron chi connectivity index (χ2n) is 4.09. The molecule has 0 aliphatic carbocycles. The molecule has 0 aliphatic heterocycles. The molecule has 3 rings (SSSR count). The summed E-state index contributed by atoms with van der Waals surface area (Å²) in [6.07, 6.45) is 0.865. The van der Waals surface area contributed by atoms with E-state index in [4.69, 9.17) is 5.84 Å². The van der Waals surface area contributed by atoms with Crippen molar-refractivity contribution in [2.75, 3.05) is 0 Å². The Morgan fingerprint density at radius 2 is 2.17 bits per heavy atom. The standard InChI is InChI=1S/C13H13N3S2/c14-16-11(12-7-17-8-15-12)5-9-6-18-13-4-2-1-3-10(9)13/h1-4,6-8,11,16H,5,14H2. The maximum absolute atomic E-state index is 5.64. The third kappa shape index (κ3) is 2.18. The average molecular weight is 275 g/mol. The van der Waals surface area contributed by atoms with Crippen LogP contribution in [0.5, 0.6) is 0 Å². The number of nitrogens with one attached hydrogen (secondary N) is 1. The van der Waals surface area contributed by atoms with Gasteiger partial charge in [0.1, 0.15) is 0 Å². The molecule has 0 spiro atoms. The molecule has 0 amide bonds. The lowest BCUT2D eigenvalue weighted by Gasteiger charge is -2.12. The highest BCUT2D eigenvalue weighted by Gasteiger charge is 2.14. The molecule has 0 aliphatic rings. The number of aromatic nitrogens is 1. The molecule has 18 heavy (non-hydrogen) atoms. The Bertz CT molecular complexity index is 631. The Kier molecular flexibility index (Phi) is 3.38. The Labute approximate surface area is 113 Å². The normalized spacial score (nSPS) is 12.9. The highest BCUT2D eigenvalue weighted by molar-refractivity contribution is 7.17. The molecule has 2 heterocycles. The fourth-order valence-electron chi connectivity index (χ4n) is 2.05. The van der Waals surface area contributed by atoms with Crippen LogP contribution < -0.4 is 11.3 Å². The van der Waals surface area contributed by atoms with Crippen molar-refractivity contribution in [3.05, 3.63) is 51.8 Å². The molecule has 0 fully saturated rings. The fraction of sp³-hybridized carbons (Fsp3) is 0.154. The van der Waals surface area contributed by atoms with Crippen LogP contribution in [0, 0.1) is 0 Å². The SMILES string of the molecule is NNC(Cc1csc2ccccc12)c1cscn1. The summed E-state index contributed by atoms with van der Waals surface area (Å²) in [5.41, 5.74) is 7.03. The van der Waals surface area contributed by atoms with E-state index < -0.39 is 0 Å². The first-order chi connectivity index (χ1) is 8.88. The zero-order valence-electron chi connectivity index (χ0n) is 9.67. The number of benzene rings is 1. The average Bonchev–Trinajstić information content (AvgIpc) is 3.06. The van der Waals surface area contributed by atoms with Crippen LogP contribution in [0.4, 0.5) is 0 Å². The zero-order valence-corrected chi connectivity index (χ0v) is 11.3. The molecule has 92 valence electrons. The van der Waals surface area contributed by atoms with Gasteiger partial charge in [-0.2, -0.15) is 0 Å². The highest BCUT2D eigenvalue weighted by Crippen LogP contribution is 2.29. The Morgan fingerprint density at radius 3 is 2.94 bits per heavy atom. The van der Waals surface area contributed by atoms with Gasteiger partial charge in [0.05, 0.1) is 17.2 Å². The van der Waals surface area contributed by atoms with Crippen LogP contribution in [0.15, 0.2) is 40.5 Å². The van der Waals surface area contributed by atoms with Crippen LogP contribution in [0.3, 0.4) is 0 Å². The van der Waals surface area contributed by atoms with Crippen molar-refractivity contribution in [2.24, 2.45) is 5.84 Å². The molecule has 1 aromatic carbocycles. The first-order valence-corrected chi connectivity index (χ1v) is 7.50. The number of nitrogens with two attached hydrogens (primary N) is 1. The maximum atomic E-state index is 5.64. The molecule has 5 heteroatoms. The van der Waals surface area contributed by atoms with E-state index >= 15 is 0 Å². The summed E-state index contributed by atoms with van der Waals surface area (Å²) in [4.78, 5) is 4.33. The molecule has 0 radical (unpaired) electrons. The van der Waals surface area contributed by atoms with Crippen molar-refractivity contribution in [2.45, 2.75) is 12.5 Å². The zero-order chi connectivity index (χ0) is 12.4. The summed E-state index contributed by atoms with van der Waals surface area (Å²) >= 11 is 3.37. The Hall–Kier alpha value is -1.27. The first kappa shape index (κ1) is 11.8. The van der Waals surface area contributed by atoms with E-state index in [0.717, 1.165) is 12.1 Å². The number of thiophene rings is 1. The highest BCUT2D eigenvalue weighted by atomic mass is 32.1. The number of hydrazine groups is 1. The summed E-state index contributed by atoms with van der Waals surface area (Å²) in [6.45, 7) is 0. The van der Waals surface area contributed by atoms with E-state index in [2.05, 4.69) is 40.1 Å². The van der Waals surface area contributed by atoms with E-state index in [-0.39, 0.29) is 6.04 Å². The molecule has 0 bridgehead atoms. The predicted octanol–water partition coefficient (Wildman–Crippen LogP) is 3.10. The third-order valence-electron chi connectivity index (χ3n) is 2.99. The van der Waals surface area contributed by atoms with Crippen LogP contribution in [-0.4, -0.2) is 4.98 Å². The summed E-state index contributed by atoms with van der Waals surface area (Å²) in [7, 11) is 0. The first-order valence-electron chi connectivity index (χ1n) is 5.68. The summed E-state index contributed by atoms with van der Waals surface area (Å²) in [5.74, 6) is 5.64. The maximum Gasteiger partial charge on any atom is 0.0795 e. The largest absolute Gasteiger partial charge is 0.271 e. The van der Waals surface area contributed by atoms with E-state index in [9.17, 15) is 0 Å². The van der Waals surface area contributed by atoms with Gasteiger partial charge in [0.2, 0.25) is 0 Å². The molecule has 3 aromatic rings. The lowest BCUT2D eigenvalue weighted by atomic mass is 10.0. The molecule has 0 saturated carbocycles. The van der Waals surface area contributed by atoms with Gasteiger partial charge in [-0.05, 0) is 28.8 Å². The van der Waals surface area contributed by atoms with Gasteiger partial charge in [0.15, 0.2) is 0 Å². The third-order valence-corrected chi connectivity index (χ3v) is 4.61. The van der Waals surface area contributed by atoms with Gasteiger partial charge >= 0.3 is 0 Å². The van der Waals surface area contributed by atoms with Gasteiger partial charge in [-0.3, -0.25) is 11.3 Å². The molecule has 3 nitrogen and oxygen atoms in total. The predicted molar refractivity (Wildman–Crippen MR) is 77.7 cm³/mol. The lowest BCUT2D eigenvalue weighted by Crippen LogP contribution is -2.29. The minimum absolute atomic E-state index is 0.0780. The van der Waals surface area contributed by atoms with Crippen LogP contribution in [0.2, 0.25) is 0 Å². The minimum Gasteiger partial charge on any atom is -0.271 e. The van der Waals surface area contributed by atoms with Crippen molar-refractivity contribution in [3.8, 4) is 0 Å². The van der Waals surface area contributed by atoms with Gasteiger partial charge in [0.25, 0.3) is 0 Å². The molecule has 3 N–H and O–H groups in total. The minimum atomic E-state index is 0.0780. The van der Waals surface area contributed by atoms with Gasteiger partial charge in [-0.15, -0.1) is 22.7 Å². The second kappa shape index (κ2) is 5.16. The Balaban J connectivity index is 1.91. The van der Waals surface area contributed by atoms with Gasteiger partial charge < -0.3 is 0 Å². The summed E-state index contributed by atoms with van der Waals surface area (Å²) in [5, 5.41) is 5.57. The fourth-order valence-corrected chi connectivity index (χ4v) is 3.64. The quantitative estimate of drug-likeness (QED) is 0.568. The number of thiazole rings is 1. The number of hydrogen-bond donors (Lipinski definition) is 2. The van der Waals surface area contributed by atoms with Crippen molar-refractivity contribution < 1.29 is 0 Å². The van der Waals surface area contributed by atoms with Gasteiger partial charge in [-0.25, -0.2) is 4.98 Å². The van der Waals surface area contributed by atoms with Crippen LogP contribution >= 0.6 is 22.7 Å². The lowest BCUT2D eigenvalue weighted by molar-refractivity contribution is 0.543. The summed E-state index contributed by atoms with van der Waals surface area (Å²) in [6, 6.07) is 8.54. The van der Waals surface area contributed by atoms with Crippen molar-refractivity contribution in [1.82, 2.24) is 10.4 Å². The van der Waals surface area contributed by atoms with Crippen molar-refractivity contribution in [3.63, 3.8) is 0 Å². The molecular weight excluding hydrogens is 262 g/mol. The molecule has 2 aromatic heterocycles. The second-order valence-corrected chi connectivity index (χ2v) is 5.72. The molecular formula is C13H13N3S2. The number of fused-ring (bicyclic) bond motifs is 1. The Morgan fingerprint density at radius 1 is 1.28 bits per heavy atom. The van der Waals surface area contributed by atoms with Crippen molar-refractivity contribution >= 4 is 32.8 Å². The van der Waals surface area contributed by atoms with Crippen LogP contribution in [0.1, 0.15) is 17.3 Å². The van der Waals surface area contributed by atoms with E-state index in [0.29, 0.717) is 0 Å². The van der Waals surface area contributed by atoms with E-state index in [1.165, 1.54) is 15.6 Å². The monoisotopic (exact) mass is 275 g/mol. The molecule has 1 unspecified atom stereocenters. The number of rotatable bonds is 4. The molecule has 1 atom stereocenters. The van der Waals surface area contributed by atoms with Crippen LogP contribution in [-0.2, 0) is 6.42 Å².